The molecule has 2 aliphatic heterocycles. The number of aryl methyl sites for hydroxylation is 1. The summed E-state index contributed by atoms with van der Waals surface area (Å²) in [4.78, 5) is 12.5. The first-order valence-corrected chi connectivity index (χ1v) is 7.83. The summed E-state index contributed by atoms with van der Waals surface area (Å²) in [5, 5.41) is 11.6. The zero-order chi connectivity index (χ0) is 16.0. The van der Waals surface area contributed by atoms with Crippen LogP contribution in [0.1, 0.15) is 41.4 Å². The minimum Gasteiger partial charge on any atom is -0.454 e. The first kappa shape index (κ1) is 14.3. The van der Waals surface area contributed by atoms with Crippen LogP contribution in [0.15, 0.2) is 12.1 Å². The second-order valence-corrected chi connectivity index (χ2v) is 6.02. The lowest BCUT2D eigenvalue weighted by molar-refractivity contribution is 0.0937. The van der Waals surface area contributed by atoms with Crippen LogP contribution in [-0.4, -0.2) is 27.5 Å². The van der Waals surface area contributed by atoms with Gasteiger partial charge in [0.05, 0.1) is 11.1 Å². The first-order valence-electron chi connectivity index (χ1n) is 7.45. The highest BCUT2D eigenvalue weighted by Crippen LogP contribution is 2.39. The van der Waals surface area contributed by atoms with E-state index in [0.717, 1.165) is 31.0 Å². The van der Waals surface area contributed by atoms with Crippen LogP contribution in [-0.2, 0) is 13.0 Å². The molecule has 0 saturated heterocycles. The number of aromatic nitrogens is 3. The van der Waals surface area contributed by atoms with E-state index < -0.39 is 0 Å². The van der Waals surface area contributed by atoms with Crippen molar-refractivity contribution in [3.63, 3.8) is 0 Å². The van der Waals surface area contributed by atoms with Crippen molar-refractivity contribution in [3.05, 3.63) is 34.4 Å². The predicted molar refractivity (Wildman–Crippen MR) is 81.8 cm³/mol. The highest BCUT2D eigenvalue weighted by molar-refractivity contribution is 6.32. The number of benzene rings is 1. The summed E-state index contributed by atoms with van der Waals surface area (Å²) in [7, 11) is 0. The SMILES string of the molecule is CC(NC(=O)c1cc(Cl)c2c(c1)OCO2)c1nnc2n1CCC2. The Labute approximate surface area is 137 Å². The summed E-state index contributed by atoms with van der Waals surface area (Å²) < 4.78 is 12.6. The number of carbonyl (C=O) groups excluding carboxylic acids is 1. The molecule has 1 aromatic heterocycles. The number of rotatable bonds is 3. The molecular formula is C15H15ClN4O3. The maximum atomic E-state index is 12.5. The molecule has 0 aliphatic carbocycles. The molecular weight excluding hydrogens is 320 g/mol. The number of amides is 1. The average molecular weight is 335 g/mol. The maximum absolute atomic E-state index is 12.5. The first-order chi connectivity index (χ1) is 11.1. The van der Waals surface area contributed by atoms with Gasteiger partial charge in [0, 0.05) is 18.5 Å². The molecule has 1 atom stereocenters. The Hall–Kier alpha value is -2.28. The lowest BCUT2D eigenvalue weighted by atomic mass is 10.1. The monoisotopic (exact) mass is 334 g/mol. The van der Waals surface area contributed by atoms with Crippen molar-refractivity contribution < 1.29 is 14.3 Å². The second-order valence-electron chi connectivity index (χ2n) is 5.62. The topological polar surface area (TPSA) is 78.3 Å². The third-order valence-corrected chi connectivity index (χ3v) is 4.34. The van der Waals surface area contributed by atoms with Gasteiger partial charge in [-0.1, -0.05) is 11.6 Å². The van der Waals surface area contributed by atoms with Gasteiger partial charge in [0.1, 0.15) is 5.82 Å². The van der Waals surface area contributed by atoms with Gasteiger partial charge in [-0.2, -0.15) is 0 Å². The van der Waals surface area contributed by atoms with Gasteiger partial charge in [0.2, 0.25) is 6.79 Å². The number of fused-ring (bicyclic) bond motifs is 2. The quantitative estimate of drug-likeness (QED) is 0.930. The number of nitrogens with one attached hydrogen (secondary N) is 1. The maximum Gasteiger partial charge on any atom is 0.252 e. The van der Waals surface area contributed by atoms with E-state index in [-0.39, 0.29) is 18.7 Å². The summed E-state index contributed by atoms with van der Waals surface area (Å²) in [6, 6.07) is 2.96. The summed E-state index contributed by atoms with van der Waals surface area (Å²) in [5.41, 5.74) is 0.423. The molecule has 0 fully saturated rings. The molecule has 1 unspecified atom stereocenters. The van der Waals surface area contributed by atoms with Gasteiger partial charge >= 0.3 is 0 Å². The Morgan fingerprint density at radius 1 is 1.39 bits per heavy atom. The molecule has 3 heterocycles. The van der Waals surface area contributed by atoms with E-state index in [9.17, 15) is 4.79 Å². The van der Waals surface area contributed by atoms with Crippen LogP contribution >= 0.6 is 11.6 Å². The molecule has 7 nitrogen and oxygen atoms in total. The summed E-state index contributed by atoms with van der Waals surface area (Å²) >= 11 is 6.12. The van der Waals surface area contributed by atoms with E-state index in [1.165, 1.54) is 0 Å². The van der Waals surface area contributed by atoms with E-state index in [4.69, 9.17) is 21.1 Å². The van der Waals surface area contributed by atoms with Crippen LogP contribution < -0.4 is 14.8 Å². The summed E-state index contributed by atoms with van der Waals surface area (Å²) in [5.74, 6) is 2.48. The largest absolute Gasteiger partial charge is 0.454 e. The molecule has 1 N–H and O–H groups in total. The van der Waals surface area contributed by atoms with Gasteiger partial charge in [0.15, 0.2) is 17.3 Å². The van der Waals surface area contributed by atoms with Crippen molar-refractivity contribution in [2.75, 3.05) is 6.79 Å². The Morgan fingerprint density at radius 2 is 2.26 bits per heavy atom. The number of carbonyl (C=O) groups is 1. The van der Waals surface area contributed by atoms with Crippen LogP contribution in [0.2, 0.25) is 5.02 Å². The molecule has 0 bridgehead atoms. The van der Waals surface area contributed by atoms with E-state index in [2.05, 4.69) is 20.1 Å². The van der Waals surface area contributed by atoms with E-state index >= 15 is 0 Å². The highest BCUT2D eigenvalue weighted by Gasteiger charge is 2.24. The predicted octanol–water partition coefficient (Wildman–Crippen LogP) is 2.10. The van der Waals surface area contributed by atoms with Crippen LogP contribution in [0, 0.1) is 0 Å². The zero-order valence-corrected chi connectivity index (χ0v) is 13.3. The van der Waals surface area contributed by atoms with Gasteiger partial charge in [-0.15, -0.1) is 10.2 Å². The van der Waals surface area contributed by atoms with E-state index in [0.29, 0.717) is 22.1 Å². The minimum absolute atomic E-state index is 0.114. The van der Waals surface area contributed by atoms with Gasteiger partial charge in [0.25, 0.3) is 5.91 Å². The molecule has 8 heteroatoms. The van der Waals surface area contributed by atoms with Crippen LogP contribution in [0.25, 0.3) is 0 Å². The summed E-state index contributed by atoms with van der Waals surface area (Å²) in [6.07, 6.45) is 2.00. The molecule has 2 aliphatic rings. The van der Waals surface area contributed by atoms with Gasteiger partial charge < -0.3 is 19.4 Å². The third-order valence-electron chi connectivity index (χ3n) is 4.06. The Balaban J connectivity index is 1.55. The van der Waals surface area contributed by atoms with Crippen LogP contribution in [0.5, 0.6) is 11.5 Å². The van der Waals surface area contributed by atoms with E-state index in [1.54, 1.807) is 12.1 Å². The van der Waals surface area contributed by atoms with Crippen molar-refractivity contribution in [3.8, 4) is 11.5 Å². The van der Waals surface area contributed by atoms with Gasteiger partial charge in [-0.05, 0) is 25.5 Å². The van der Waals surface area contributed by atoms with Crippen molar-refractivity contribution in [1.82, 2.24) is 20.1 Å². The molecule has 4 rings (SSSR count). The molecule has 0 radical (unpaired) electrons. The molecule has 0 spiro atoms. The second kappa shape index (κ2) is 5.42. The van der Waals surface area contributed by atoms with Crippen LogP contribution in [0.3, 0.4) is 0 Å². The molecule has 23 heavy (non-hydrogen) atoms. The number of nitrogens with zero attached hydrogens (tertiary/aromatic N) is 3. The fourth-order valence-corrected chi connectivity index (χ4v) is 3.20. The Morgan fingerprint density at radius 3 is 3.13 bits per heavy atom. The van der Waals surface area contributed by atoms with Gasteiger partial charge in [-0.25, -0.2) is 0 Å². The Kier molecular flexibility index (Phi) is 3.37. The molecule has 1 aromatic carbocycles. The van der Waals surface area contributed by atoms with Gasteiger partial charge in [-0.3, -0.25) is 4.79 Å². The fourth-order valence-electron chi connectivity index (χ4n) is 2.94. The standard InChI is InChI=1S/C15H15ClN4O3/c1-8(14-19-18-12-3-2-4-20(12)14)17-15(21)9-5-10(16)13-11(6-9)22-7-23-13/h5-6,8H,2-4,7H2,1H3,(H,17,21). The van der Waals surface area contributed by atoms with Crippen molar-refractivity contribution >= 4 is 17.5 Å². The molecule has 0 saturated carbocycles. The lowest BCUT2D eigenvalue weighted by Crippen LogP contribution is -2.28. The number of hydrogen-bond acceptors (Lipinski definition) is 5. The van der Waals surface area contributed by atoms with Crippen molar-refractivity contribution in [2.24, 2.45) is 0 Å². The number of hydrogen-bond donors (Lipinski definition) is 1. The zero-order valence-electron chi connectivity index (χ0n) is 12.5. The Bertz CT molecular complexity index is 789. The normalized spacial score (nSPS) is 16.3. The lowest BCUT2D eigenvalue weighted by Gasteiger charge is -2.14. The van der Waals surface area contributed by atoms with Crippen molar-refractivity contribution in [1.29, 1.82) is 0 Å². The highest BCUT2D eigenvalue weighted by atomic mass is 35.5. The summed E-state index contributed by atoms with van der Waals surface area (Å²) in [6.45, 7) is 2.90. The average Bonchev–Trinajstić information content (AvgIpc) is 3.22. The minimum atomic E-state index is -0.244. The van der Waals surface area contributed by atoms with Crippen molar-refractivity contribution in [2.45, 2.75) is 32.4 Å². The molecule has 120 valence electrons. The molecule has 2 aromatic rings. The molecule has 1 amide bonds. The van der Waals surface area contributed by atoms with Crippen LogP contribution in [0.4, 0.5) is 0 Å². The number of ether oxygens (including phenoxy) is 2. The van der Waals surface area contributed by atoms with E-state index in [1.807, 2.05) is 6.92 Å². The fraction of sp³-hybridized carbons (Fsp3) is 0.400. The number of halogens is 1. The third kappa shape index (κ3) is 2.41. The smallest absolute Gasteiger partial charge is 0.252 e.